The molecule has 0 unspecified atom stereocenters. The Hall–Kier alpha value is -3.31. The lowest BCUT2D eigenvalue weighted by Gasteiger charge is -2.46. The first-order chi connectivity index (χ1) is 16.9. The second-order valence-corrected chi connectivity index (χ2v) is 9.76. The number of piperazine rings is 1. The molecule has 0 amide bonds. The van der Waals surface area contributed by atoms with Gasteiger partial charge in [-0.05, 0) is 55.4 Å². The summed E-state index contributed by atoms with van der Waals surface area (Å²) in [7, 11) is 1.67. The molecule has 1 saturated carbocycles. The van der Waals surface area contributed by atoms with Crippen LogP contribution in [-0.4, -0.2) is 44.6 Å². The van der Waals surface area contributed by atoms with Crippen LogP contribution < -0.4 is 10.6 Å². The van der Waals surface area contributed by atoms with E-state index in [1.807, 2.05) is 6.07 Å². The molecule has 1 aliphatic carbocycles. The zero-order chi connectivity index (χ0) is 24.7. The van der Waals surface area contributed by atoms with E-state index in [2.05, 4.69) is 44.5 Å². The number of hydrogen-bond acceptors (Lipinski definition) is 5. The zero-order valence-electron chi connectivity index (χ0n) is 20.5. The lowest BCUT2D eigenvalue weighted by Crippen LogP contribution is -2.58. The molecule has 0 N–H and O–H groups in total. The summed E-state index contributed by atoms with van der Waals surface area (Å²) in [5.74, 6) is 1.24. The SMILES string of the molecule is [C-]#[N+]c1ccc2c(n1)c(N1C[C@@H](CC)N(Cc3ccc(C4CC4)cc3F)C[C@@H]1CC)nc(=O)n2C. The summed E-state index contributed by atoms with van der Waals surface area (Å²) >= 11 is 0. The fourth-order valence-corrected chi connectivity index (χ4v) is 5.24. The van der Waals surface area contributed by atoms with Crippen molar-refractivity contribution in [3.05, 3.63) is 69.2 Å². The van der Waals surface area contributed by atoms with Crippen LogP contribution >= 0.6 is 0 Å². The first kappa shape index (κ1) is 23.4. The average Bonchev–Trinajstić information content (AvgIpc) is 3.72. The summed E-state index contributed by atoms with van der Waals surface area (Å²) in [6.07, 6.45) is 4.05. The molecular weight excluding hydrogens is 443 g/mol. The third kappa shape index (κ3) is 4.41. The van der Waals surface area contributed by atoms with E-state index in [0.29, 0.717) is 35.9 Å². The fraction of sp³-hybridized carbons (Fsp3) is 0.481. The Morgan fingerprint density at radius 3 is 2.51 bits per heavy atom. The van der Waals surface area contributed by atoms with Crippen LogP contribution in [0.1, 0.15) is 56.6 Å². The van der Waals surface area contributed by atoms with Crippen LogP contribution in [0.25, 0.3) is 15.9 Å². The predicted octanol–water partition coefficient (Wildman–Crippen LogP) is 4.78. The number of hydrogen-bond donors (Lipinski definition) is 0. The van der Waals surface area contributed by atoms with Crippen LogP contribution in [0.5, 0.6) is 0 Å². The van der Waals surface area contributed by atoms with E-state index in [0.717, 1.165) is 43.4 Å². The van der Waals surface area contributed by atoms with Crippen LogP contribution in [0.3, 0.4) is 0 Å². The molecule has 8 heteroatoms. The van der Waals surface area contributed by atoms with E-state index in [1.54, 1.807) is 25.2 Å². The first-order valence-corrected chi connectivity index (χ1v) is 12.5. The van der Waals surface area contributed by atoms with Gasteiger partial charge in [0.15, 0.2) is 5.82 Å². The van der Waals surface area contributed by atoms with Gasteiger partial charge < -0.3 is 9.74 Å². The number of pyridine rings is 1. The summed E-state index contributed by atoms with van der Waals surface area (Å²) in [4.78, 5) is 29.7. The number of aromatic nitrogens is 3. The molecular formula is C27H31FN6O. The van der Waals surface area contributed by atoms with Gasteiger partial charge in [-0.1, -0.05) is 32.6 Å². The minimum Gasteiger partial charge on any atom is -0.361 e. The van der Waals surface area contributed by atoms with E-state index in [-0.39, 0.29) is 29.4 Å². The minimum atomic E-state index is -0.340. The third-order valence-corrected chi connectivity index (χ3v) is 7.56. The van der Waals surface area contributed by atoms with E-state index in [4.69, 9.17) is 6.57 Å². The molecule has 1 saturated heterocycles. The Bertz CT molecular complexity index is 1360. The number of rotatable bonds is 6. The second kappa shape index (κ2) is 9.38. The lowest BCUT2D eigenvalue weighted by molar-refractivity contribution is 0.134. The number of fused-ring (bicyclic) bond motifs is 1. The number of anilines is 1. The van der Waals surface area contributed by atoms with Crippen molar-refractivity contribution in [3.8, 4) is 0 Å². The molecule has 2 fully saturated rings. The maximum atomic E-state index is 15.0. The molecule has 1 aromatic carbocycles. The smallest absolute Gasteiger partial charge is 0.350 e. The van der Waals surface area contributed by atoms with E-state index >= 15 is 0 Å². The molecule has 5 rings (SSSR count). The molecule has 182 valence electrons. The molecule has 3 heterocycles. The highest BCUT2D eigenvalue weighted by Gasteiger charge is 2.35. The van der Waals surface area contributed by atoms with Crippen LogP contribution in [0.15, 0.2) is 35.1 Å². The van der Waals surface area contributed by atoms with Gasteiger partial charge in [-0.3, -0.25) is 9.47 Å². The topological polar surface area (TPSA) is 58.6 Å². The van der Waals surface area contributed by atoms with Crippen LogP contribution in [0.2, 0.25) is 0 Å². The molecule has 2 aliphatic rings. The van der Waals surface area contributed by atoms with Gasteiger partial charge in [-0.15, -0.1) is 4.98 Å². The highest BCUT2D eigenvalue weighted by molar-refractivity contribution is 5.87. The largest absolute Gasteiger partial charge is 0.361 e. The lowest BCUT2D eigenvalue weighted by atomic mass is 10.00. The van der Waals surface area contributed by atoms with Crippen molar-refractivity contribution < 1.29 is 4.39 Å². The Balaban J connectivity index is 1.47. The zero-order valence-corrected chi connectivity index (χ0v) is 20.5. The quantitative estimate of drug-likeness (QED) is 0.482. The number of halogens is 1. The number of benzene rings is 1. The maximum absolute atomic E-state index is 15.0. The van der Waals surface area contributed by atoms with Gasteiger partial charge >= 0.3 is 5.69 Å². The summed E-state index contributed by atoms with van der Waals surface area (Å²) in [6, 6.07) is 9.42. The summed E-state index contributed by atoms with van der Waals surface area (Å²) in [5, 5.41) is 0. The molecule has 1 aliphatic heterocycles. The third-order valence-electron chi connectivity index (χ3n) is 7.56. The van der Waals surface area contributed by atoms with Crippen LogP contribution in [0.4, 0.5) is 16.0 Å². The van der Waals surface area contributed by atoms with E-state index < -0.39 is 0 Å². The van der Waals surface area contributed by atoms with Gasteiger partial charge in [0.1, 0.15) is 5.82 Å². The van der Waals surface area contributed by atoms with Crippen LogP contribution in [-0.2, 0) is 13.6 Å². The summed E-state index contributed by atoms with van der Waals surface area (Å²) in [6.45, 7) is 13.6. The average molecular weight is 475 g/mol. The number of nitrogens with zero attached hydrogens (tertiary/aromatic N) is 6. The van der Waals surface area contributed by atoms with Gasteiger partial charge in [-0.25, -0.2) is 9.18 Å². The van der Waals surface area contributed by atoms with Crippen molar-refractivity contribution in [1.82, 2.24) is 19.4 Å². The molecule has 0 radical (unpaired) electrons. The predicted molar refractivity (Wildman–Crippen MR) is 135 cm³/mol. The van der Waals surface area contributed by atoms with Crippen LogP contribution in [0, 0.1) is 12.4 Å². The molecule has 0 bridgehead atoms. The van der Waals surface area contributed by atoms with Crippen molar-refractivity contribution in [2.75, 3.05) is 18.0 Å². The second-order valence-electron chi connectivity index (χ2n) is 9.76. The van der Waals surface area contributed by atoms with E-state index in [1.165, 1.54) is 4.57 Å². The van der Waals surface area contributed by atoms with Gasteiger partial charge in [0.05, 0.1) is 5.52 Å². The Morgan fingerprint density at radius 2 is 1.86 bits per heavy atom. The standard InChI is InChI=1S/C27H31FN6O/c1-5-20-16-34(26-25-23(32(4)27(35)31-26)11-12-24(29-3)30-25)21(6-2)15-33(20)14-19-10-9-18(13-22(19)28)17-7-8-17/h9-13,17,20-21H,5-8,14-16H2,1-2,4H3/t20-,21+/m1/s1. The first-order valence-electron chi connectivity index (χ1n) is 12.5. The fourth-order valence-electron chi connectivity index (χ4n) is 5.24. The highest BCUT2D eigenvalue weighted by Crippen LogP contribution is 2.40. The van der Waals surface area contributed by atoms with Crippen molar-refractivity contribution in [2.45, 2.75) is 64.1 Å². The Morgan fingerprint density at radius 1 is 1.09 bits per heavy atom. The molecule has 2 atom stereocenters. The normalized spacial score (nSPS) is 20.8. The van der Waals surface area contributed by atoms with Crippen molar-refractivity contribution in [3.63, 3.8) is 0 Å². The summed E-state index contributed by atoms with van der Waals surface area (Å²) < 4.78 is 16.4. The molecule has 3 aromatic rings. The molecule has 35 heavy (non-hydrogen) atoms. The van der Waals surface area contributed by atoms with E-state index in [9.17, 15) is 9.18 Å². The van der Waals surface area contributed by atoms with Gasteiger partial charge in [0, 0.05) is 44.3 Å². The van der Waals surface area contributed by atoms with Gasteiger partial charge in [0.2, 0.25) is 5.52 Å². The van der Waals surface area contributed by atoms with Gasteiger partial charge in [0.25, 0.3) is 5.82 Å². The number of aryl methyl sites for hydroxylation is 1. The summed E-state index contributed by atoms with van der Waals surface area (Å²) in [5.41, 5.74) is 2.74. The Kier molecular flexibility index (Phi) is 6.28. The maximum Gasteiger partial charge on any atom is 0.350 e. The van der Waals surface area contributed by atoms with Gasteiger partial charge in [-0.2, -0.15) is 4.98 Å². The molecule has 7 nitrogen and oxygen atoms in total. The monoisotopic (exact) mass is 474 g/mol. The van der Waals surface area contributed by atoms with Crippen molar-refractivity contribution in [2.24, 2.45) is 7.05 Å². The highest BCUT2D eigenvalue weighted by atomic mass is 19.1. The molecule has 0 spiro atoms. The van der Waals surface area contributed by atoms with Crippen molar-refractivity contribution in [1.29, 1.82) is 0 Å². The van der Waals surface area contributed by atoms with Crippen molar-refractivity contribution >= 4 is 22.7 Å². The Labute approximate surface area is 205 Å². The minimum absolute atomic E-state index is 0.0906. The molecule has 2 aromatic heterocycles.